The van der Waals surface area contributed by atoms with Gasteiger partial charge in [-0.3, -0.25) is 0 Å². The van der Waals surface area contributed by atoms with E-state index < -0.39 is 0 Å². The zero-order chi connectivity index (χ0) is 40.2. The highest BCUT2D eigenvalue weighted by Crippen LogP contribution is 2.51. The summed E-state index contributed by atoms with van der Waals surface area (Å²) in [5.74, 6) is 0. The SMILES string of the molecule is CC1(C)c2ccccc2-c2ccc(N(c3cccc(C4=CC=CCC4)c3)c3cc(-c4ccc5oc6ccccc6c5c4)cc(N(c4ccccc4)c4ccccc4)c3)cc21. The van der Waals surface area contributed by atoms with Crippen molar-refractivity contribution in [3.05, 3.63) is 223 Å². The molecule has 0 spiro atoms. The van der Waals surface area contributed by atoms with Gasteiger partial charge in [-0.25, -0.2) is 0 Å². The van der Waals surface area contributed by atoms with Gasteiger partial charge in [0.1, 0.15) is 11.2 Å². The highest BCUT2D eigenvalue weighted by atomic mass is 16.3. The van der Waals surface area contributed by atoms with Gasteiger partial charge in [-0.15, -0.1) is 0 Å². The summed E-state index contributed by atoms with van der Waals surface area (Å²) in [5.41, 5.74) is 18.4. The Morgan fingerprint density at radius 2 is 1.07 bits per heavy atom. The molecule has 0 radical (unpaired) electrons. The maximum Gasteiger partial charge on any atom is 0.135 e. The predicted octanol–water partition coefficient (Wildman–Crippen LogP) is 16.2. The summed E-state index contributed by atoms with van der Waals surface area (Å²) in [7, 11) is 0. The lowest BCUT2D eigenvalue weighted by Crippen LogP contribution is -2.17. The fourth-order valence-electron chi connectivity index (χ4n) is 9.49. The van der Waals surface area contributed by atoms with E-state index in [9.17, 15) is 0 Å². The van der Waals surface area contributed by atoms with Gasteiger partial charge in [-0.1, -0.05) is 135 Å². The molecule has 0 fully saturated rings. The molecular weight excluding hydrogens is 729 g/mol. The Morgan fingerprint density at radius 1 is 0.433 bits per heavy atom. The van der Waals surface area contributed by atoms with Crippen LogP contribution < -0.4 is 9.80 Å². The van der Waals surface area contributed by atoms with Crippen LogP contribution in [0, 0.1) is 0 Å². The fraction of sp³-hybridized carbons (Fsp3) is 0.0877. The highest BCUT2D eigenvalue weighted by molar-refractivity contribution is 6.06. The Bertz CT molecular complexity index is 3090. The molecule has 3 heteroatoms. The van der Waals surface area contributed by atoms with Crippen molar-refractivity contribution in [3.63, 3.8) is 0 Å². The van der Waals surface area contributed by atoms with E-state index in [1.54, 1.807) is 0 Å². The van der Waals surface area contributed by atoms with Crippen LogP contribution in [0.25, 0.3) is 49.8 Å². The van der Waals surface area contributed by atoms with E-state index in [-0.39, 0.29) is 5.41 Å². The number of para-hydroxylation sites is 3. The second-order valence-electron chi connectivity index (χ2n) is 16.5. The normalized spacial score (nSPS) is 13.9. The largest absolute Gasteiger partial charge is 0.456 e. The lowest BCUT2D eigenvalue weighted by molar-refractivity contribution is 0.660. The fourth-order valence-corrected chi connectivity index (χ4v) is 9.49. The molecule has 2 aliphatic carbocycles. The molecule has 0 atom stereocenters. The number of furan rings is 1. The number of benzene rings is 8. The molecule has 9 aromatic rings. The number of allylic oxidation sites excluding steroid dienone is 4. The maximum atomic E-state index is 6.31. The predicted molar refractivity (Wildman–Crippen MR) is 252 cm³/mol. The van der Waals surface area contributed by atoms with Crippen LogP contribution in [-0.2, 0) is 5.41 Å². The van der Waals surface area contributed by atoms with Crippen molar-refractivity contribution in [2.75, 3.05) is 9.80 Å². The third kappa shape index (κ3) is 6.13. The molecule has 0 saturated heterocycles. The maximum absolute atomic E-state index is 6.31. The van der Waals surface area contributed by atoms with Crippen LogP contribution in [0.15, 0.2) is 211 Å². The molecule has 60 heavy (non-hydrogen) atoms. The lowest BCUT2D eigenvalue weighted by atomic mass is 9.82. The first kappa shape index (κ1) is 35.8. The highest BCUT2D eigenvalue weighted by Gasteiger charge is 2.36. The molecule has 8 aromatic carbocycles. The smallest absolute Gasteiger partial charge is 0.135 e. The van der Waals surface area contributed by atoms with Gasteiger partial charge in [0.15, 0.2) is 0 Å². The van der Waals surface area contributed by atoms with E-state index in [0.717, 1.165) is 80.0 Å². The minimum atomic E-state index is -0.151. The van der Waals surface area contributed by atoms with Crippen LogP contribution in [0.5, 0.6) is 0 Å². The summed E-state index contributed by atoms with van der Waals surface area (Å²) >= 11 is 0. The summed E-state index contributed by atoms with van der Waals surface area (Å²) in [6.07, 6.45) is 8.80. The third-order valence-corrected chi connectivity index (χ3v) is 12.5. The molecule has 0 unspecified atom stereocenters. The molecule has 11 rings (SSSR count). The number of hydrogen-bond donors (Lipinski definition) is 0. The van der Waals surface area contributed by atoms with Crippen LogP contribution >= 0.6 is 0 Å². The summed E-state index contributed by atoms with van der Waals surface area (Å²) in [6.45, 7) is 4.73. The minimum absolute atomic E-state index is 0.151. The average Bonchev–Trinajstić information content (AvgIpc) is 3.79. The van der Waals surface area contributed by atoms with Crippen molar-refractivity contribution < 1.29 is 4.42 Å². The number of fused-ring (bicyclic) bond motifs is 6. The van der Waals surface area contributed by atoms with Gasteiger partial charge < -0.3 is 14.2 Å². The van der Waals surface area contributed by atoms with E-state index in [2.05, 4.69) is 218 Å². The zero-order valence-corrected chi connectivity index (χ0v) is 33.8. The Hall–Kier alpha value is -7.36. The average molecular weight is 773 g/mol. The van der Waals surface area contributed by atoms with Gasteiger partial charge in [-0.05, 0) is 142 Å². The van der Waals surface area contributed by atoms with Crippen LogP contribution in [-0.4, -0.2) is 0 Å². The molecular formula is C57H44N2O. The molecule has 2 aliphatic rings. The second-order valence-corrected chi connectivity index (χ2v) is 16.5. The topological polar surface area (TPSA) is 19.6 Å². The molecule has 0 aliphatic heterocycles. The lowest BCUT2D eigenvalue weighted by Gasteiger charge is -2.31. The summed E-state index contributed by atoms with van der Waals surface area (Å²) in [5, 5.41) is 2.23. The van der Waals surface area contributed by atoms with Gasteiger partial charge in [0, 0.05) is 50.3 Å². The first-order valence-corrected chi connectivity index (χ1v) is 21.0. The first-order chi connectivity index (χ1) is 29.5. The van der Waals surface area contributed by atoms with Crippen molar-refractivity contribution in [1.29, 1.82) is 0 Å². The van der Waals surface area contributed by atoms with E-state index in [1.165, 1.54) is 33.4 Å². The van der Waals surface area contributed by atoms with E-state index >= 15 is 0 Å². The molecule has 3 nitrogen and oxygen atoms in total. The molecule has 0 saturated carbocycles. The van der Waals surface area contributed by atoms with Crippen molar-refractivity contribution in [3.8, 4) is 22.3 Å². The number of anilines is 6. The summed E-state index contributed by atoms with van der Waals surface area (Å²) in [4.78, 5) is 4.84. The van der Waals surface area contributed by atoms with Gasteiger partial charge in [-0.2, -0.15) is 0 Å². The van der Waals surface area contributed by atoms with Crippen molar-refractivity contribution in [1.82, 2.24) is 0 Å². The Morgan fingerprint density at radius 3 is 1.83 bits per heavy atom. The zero-order valence-electron chi connectivity index (χ0n) is 33.8. The van der Waals surface area contributed by atoms with Crippen LogP contribution in [0.4, 0.5) is 34.1 Å². The van der Waals surface area contributed by atoms with E-state index in [1.807, 2.05) is 12.1 Å². The Balaban J connectivity index is 1.17. The summed E-state index contributed by atoms with van der Waals surface area (Å²) in [6, 6.07) is 68.5. The number of rotatable bonds is 8. The van der Waals surface area contributed by atoms with Gasteiger partial charge >= 0.3 is 0 Å². The molecule has 288 valence electrons. The van der Waals surface area contributed by atoms with Crippen LogP contribution in [0.3, 0.4) is 0 Å². The van der Waals surface area contributed by atoms with Crippen LogP contribution in [0.2, 0.25) is 0 Å². The first-order valence-electron chi connectivity index (χ1n) is 21.0. The summed E-state index contributed by atoms with van der Waals surface area (Å²) < 4.78 is 6.31. The second kappa shape index (κ2) is 14.5. The molecule has 1 aromatic heterocycles. The van der Waals surface area contributed by atoms with Gasteiger partial charge in [0.2, 0.25) is 0 Å². The van der Waals surface area contributed by atoms with Gasteiger partial charge in [0.25, 0.3) is 0 Å². The number of hydrogen-bond acceptors (Lipinski definition) is 3. The molecule has 0 bridgehead atoms. The molecule has 0 amide bonds. The van der Waals surface area contributed by atoms with Crippen LogP contribution in [0.1, 0.15) is 43.4 Å². The van der Waals surface area contributed by atoms with Gasteiger partial charge in [0.05, 0.1) is 0 Å². The molecule has 0 N–H and O–H groups in total. The Labute approximate surface area is 351 Å². The third-order valence-electron chi connectivity index (χ3n) is 12.5. The van der Waals surface area contributed by atoms with E-state index in [4.69, 9.17) is 4.42 Å². The molecule has 1 heterocycles. The quantitative estimate of drug-likeness (QED) is 0.153. The number of nitrogens with zero attached hydrogens (tertiary/aromatic N) is 2. The Kier molecular flexibility index (Phi) is 8.63. The monoisotopic (exact) mass is 772 g/mol. The standard InChI is InChI=1S/C57H44N2O/c1-57(2)53-27-14-12-25-49(53)50-31-30-46(38-54(50)57)59(45-24-16-19-40(33-45)39-17-6-3-7-18-39)48-35-42(41-29-32-56-52(36-41)51-26-13-15-28-55(51)60-56)34-47(37-48)58(43-20-8-4-9-21-43)44-22-10-5-11-23-44/h3-6,8-17,19-38H,7,18H2,1-2H3. The minimum Gasteiger partial charge on any atom is -0.456 e. The van der Waals surface area contributed by atoms with E-state index in [0.29, 0.717) is 0 Å². The van der Waals surface area contributed by atoms with Crippen molar-refractivity contribution >= 4 is 61.6 Å². The van der Waals surface area contributed by atoms with Crippen molar-refractivity contribution in [2.45, 2.75) is 32.1 Å². The van der Waals surface area contributed by atoms with Crippen molar-refractivity contribution in [2.24, 2.45) is 0 Å².